The molecule has 0 saturated carbocycles. The van der Waals surface area contributed by atoms with Gasteiger partial charge >= 0.3 is 5.51 Å². The second kappa shape index (κ2) is 7.17. The first-order valence-electron chi connectivity index (χ1n) is 7.30. The number of halogens is 4. The second-order valence-electron chi connectivity index (χ2n) is 5.95. The molecule has 1 atom stereocenters. The van der Waals surface area contributed by atoms with Gasteiger partial charge in [0, 0.05) is 13.1 Å². The Hall–Kier alpha value is -0.870. The minimum absolute atomic E-state index is 0.586. The maximum Gasteiger partial charge on any atom is 0.485 e. The molecule has 0 radical (unpaired) electrons. The fourth-order valence-corrected chi connectivity index (χ4v) is 3.38. The Morgan fingerprint density at radius 2 is 1.71 bits per heavy atom. The van der Waals surface area contributed by atoms with E-state index in [-0.39, 0.29) is 0 Å². The smallest absolute Gasteiger partial charge is 0.485 e. The Morgan fingerprint density at radius 3 is 2.12 bits per heavy atom. The molecule has 1 aromatic carbocycles. The lowest BCUT2D eigenvalue weighted by molar-refractivity contribution is -0.935. The molecule has 1 aromatic rings. The van der Waals surface area contributed by atoms with Crippen LogP contribution in [0.25, 0.3) is 0 Å². The van der Waals surface area contributed by atoms with Gasteiger partial charge in [-0.3, -0.25) is 4.90 Å². The number of hydrogen-bond donors (Lipinski definition) is 0. The number of hydrogen-bond acceptors (Lipinski definition) is 4. The van der Waals surface area contributed by atoms with Gasteiger partial charge in [0.2, 0.25) is 0 Å². The summed E-state index contributed by atoms with van der Waals surface area (Å²) in [5, 5.41) is 0. The maximum atomic E-state index is 10.7. The van der Waals surface area contributed by atoms with E-state index in [0.717, 1.165) is 10.5 Å². The van der Waals surface area contributed by atoms with Crippen LogP contribution >= 0.6 is 11.6 Å². The van der Waals surface area contributed by atoms with Crippen molar-refractivity contribution in [3.8, 4) is 0 Å². The van der Waals surface area contributed by atoms with E-state index in [0.29, 0.717) is 6.04 Å². The molecule has 136 valence electrons. The van der Waals surface area contributed by atoms with E-state index < -0.39 is 15.6 Å². The van der Waals surface area contributed by atoms with Crippen molar-refractivity contribution in [2.24, 2.45) is 0 Å². The van der Waals surface area contributed by atoms with Crippen molar-refractivity contribution >= 4 is 21.7 Å². The molecule has 0 aliphatic carbocycles. The van der Waals surface area contributed by atoms with Crippen molar-refractivity contribution in [1.29, 1.82) is 0 Å². The van der Waals surface area contributed by atoms with Gasteiger partial charge in [0.25, 0.3) is 0 Å². The Kier molecular flexibility index (Phi) is 5.81. The Balaban J connectivity index is 0.000000224. The van der Waals surface area contributed by atoms with Crippen molar-refractivity contribution in [1.82, 2.24) is 4.90 Å². The number of benzene rings is 1. The predicted octanol–water partition coefficient (Wildman–Crippen LogP) is 2.12. The van der Waals surface area contributed by atoms with Crippen LogP contribution in [0.3, 0.4) is 0 Å². The summed E-state index contributed by atoms with van der Waals surface area (Å²) in [6.07, 6.45) is 0. The zero-order valence-electron chi connectivity index (χ0n) is 12.7. The van der Waals surface area contributed by atoms with Crippen LogP contribution in [0, 0.1) is 0 Å². The third-order valence-electron chi connectivity index (χ3n) is 4.45. The van der Waals surface area contributed by atoms with Gasteiger partial charge in [-0.15, -0.1) is 0 Å². The lowest BCUT2D eigenvalue weighted by atomic mass is 9.98. The van der Waals surface area contributed by atoms with E-state index >= 15 is 0 Å². The number of fused-ring (bicyclic) bond motifs is 3. The zero-order chi connectivity index (χ0) is 18.0. The lowest BCUT2D eigenvalue weighted by Crippen LogP contribution is -2.67. The van der Waals surface area contributed by atoms with Crippen LogP contribution in [-0.2, 0) is 10.1 Å². The minimum Gasteiger partial charge on any atom is -0.741 e. The van der Waals surface area contributed by atoms with Gasteiger partial charge in [0.1, 0.15) is 0 Å². The van der Waals surface area contributed by atoms with Crippen LogP contribution in [0.2, 0.25) is 0 Å². The first-order chi connectivity index (χ1) is 11.1. The molecule has 5 nitrogen and oxygen atoms in total. The summed E-state index contributed by atoms with van der Waals surface area (Å²) in [7, 11) is -6.09. The van der Waals surface area contributed by atoms with E-state index in [4.69, 9.17) is 24.6 Å². The van der Waals surface area contributed by atoms with Gasteiger partial charge in [0.15, 0.2) is 16.1 Å². The van der Waals surface area contributed by atoms with Crippen molar-refractivity contribution in [3.63, 3.8) is 0 Å². The van der Waals surface area contributed by atoms with Crippen LogP contribution in [0.15, 0.2) is 30.3 Å². The fraction of sp³-hybridized carbons (Fsp3) is 0.571. The third-order valence-corrected chi connectivity index (χ3v) is 5.52. The minimum atomic E-state index is -6.09. The van der Waals surface area contributed by atoms with Gasteiger partial charge in [-0.05, 0) is 5.56 Å². The average Bonchev–Trinajstić information content (AvgIpc) is 2.55. The zero-order valence-corrected chi connectivity index (χ0v) is 14.3. The van der Waals surface area contributed by atoms with Crippen molar-refractivity contribution in [2.45, 2.75) is 11.6 Å². The molecule has 24 heavy (non-hydrogen) atoms. The summed E-state index contributed by atoms with van der Waals surface area (Å²) in [5.41, 5.74) is -4.19. The molecule has 0 unspecified atom stereocenters. The number of piperazine rings is 3. The molecular formula is C14H18ClF3N2O3S. The molecular weight excluding hydrogens is 369 g/mol. The molecule has 3 aliphatic rings. The van der Waals surface area contributed by atoms with Crippen molar-refractivity contribution in [3.05, 3.63) is 35.9 Å². The second-order valence-corrected chi connectivity index (χ2v) is 7.56. The monoisotopic (exact) mass is 386 g/mol. The summed E-state index contributed by atoms with van der Waals surface area (Å²) in [6.45, 7) is 6.05. The quantitative estimate of drug-likeness (QED) is 0.257. The molecule has 3 heterocycles. The summed E-state index contributed by atoms with van der Waals surface area (Å²) < 4.78 is 60.0. The number of alkyl halides is 4. The highest BCUT2D eigenvalue weighted by Crippen LogP contribution is 2.33. The standard InChI is InChI=1S/C13H18ClN2.CHF3O3S/c14-11-16-8-6-15(7-9-16)13(10-16)12-4-2-1-3-5-12;2-1(3,4)8(5,6)7/h1-5,13H,6-11H2;(H,5,6,7)/q+1;/p-1/t13-;/m0./s1. The van der Waals surface area contributed by atoms with Crippen LogP contribution in [0.4, 0.5) is 13.2 Å². The lowest BCUT2D eigenvalue weighted by Gasteiger charge is -2.53. The SMILES string of the molecule is ClC[N+]12CCN(CC1)[C@H](c1ccccc1)C2.O=S(=O)([O-])C(F)(F)F. The molecule has 0 aromatic heterocycles. The molecule has 2 bridgehead atoms. The molecule has 0 N–H and O–H groups in total. The molecule has 0 spiro atoms. The summed E-state index contributed by atoms with van der Waals surface area (Å²) in [4.78, 5) is 2.61. The predicted molar refractivity (Wildman–Crippen MR) is 82.1 cm³/mol. The molecule has 3 saturated heterocycles. The van der Waals surface area contributed by atoms with E-state index in [1.165, 1.54) is 38.3 Å². The summed E-state index contributed by atoms with van der Waals surface area (Å²) in [6, 6.07) is 12.2. The number of nitrogens with zero attached hydrogens (tertiary/aromatic N) is 2. The van der Waals surface area contributed by atoms with Crippen LogP contribution in [0.1, 0.15) is 11.6 Å². The first kappa shape index (κ1) is 19.5. The highest BCUT2D eigenvalue weighted by atomic mass is 35.5. The Labute approximate surface area is 144 Å². The van der Waals surface area contributed by atoms with E-state index in [1.807, 2.05) is 0 Å². The average molecular weight is 387 g/mol. The van der Waals surface area contributed by atoms with Crippen LogP contribution in [0.5, 0.6) is 0 Å². The molecule has 3 aliphatic heterocycles. The van der Waals surface area contributed by atoms with E-state index in [1.54, 1.807) is 0 Å². The van der Waals surface area contributed by atoms with Crippen molar-refractivity contribution in [2.75, 3.05) is 38.7 Å². The van der Waals surface area contributed by atoms with Gasteiger partial charge in [-0.1, -0.05) is 41.9 Å². The molecule has 4 rings (SSSR count). The highest BCUT2D eigenvalue weighted by molar-refractivity contribution is 7.86. The molecule has 10 heteroatoms. The van der Waals surface area contributed by atoms with Gasteiger partial charge in [0.05, 0.1) is 25.7 Å². The topological polar surface area (TPSA) is 60.4 Å². The van der Waals surface area contributed by atoms with Crippen molar-refractivity contribution < 1.29 is 30.6 Å². The third kappa shape index (κ3) is 4.40. The van der Waals surface area contributed by atoms with Crippen LogP contribution < -0.4 is 0 Å². The summed E-state index contributed by atoms with van der Waals surface area (Å²) >= 11 is 6.17. The van der Waals surface area contributed by atoms with Gasteiger partial charge in [-0.2, -0.15) is 13.2 Å². The van der Waals surface area contributed by atoms with Crippen LogP contribution in [-0.4, -0.2) is 66.6 Å². The van der Waals surface area contributed by atoms with Gasteiger partial charge in [-0.25, -0.2) is 8.42 Å². The molecule has 0 amide bonds. The number of quaternary nitrogens is 1. The highest BCUT2D eigenvalue weighted by Gasteiger charge is 2.44. The largest absolute Gasteiger partial charge is 0.741 e. The normalized spacial score (nSPS) is 29.7. The maximum absolute atomic E-state index is 10.7. The van der Waals surface area contributed by atoms with E-state index in [9.17, 15) is 13.2 Å². The Morgan fingerprint density at radius 1 is 1.21 bits per heavy atom. The Bertz CT molecular complexity index is 647. The van der Waals surface area contributed by atoms with E-state index in [2.05, 4.69) is 35.2 Å². The number of rotatable bonds is 2. The molecule has 3 fully saturated rings. The summed E-state index contributed by atoms with van der Waals surface area (Å²) in [5.74, 6) is 0. The fourth-order valence-electron chi connectivity index (χ4n) is 3.04. The first-order valence-corrected chi connectivity index (χ1v) is 9.24. The van der Waals surface area contributed by atoms with Gasteiger partial charge < -0.3 is 9.04 Å².